The van der Waals surface area contributed by atoms with Crippen molar-refractivity contribution in [3.63, 3.8) is 0 Å². The zero-order valence-corrected chi connectivity index (χ0v) is 8.58. The summed E-state index contributed by atoms with van der Waals surface area (Å²) in [7, 11) is 2.05. The molecule has 0 spiro atoms. The predicted octanol–water partition coefficient (Wildman–Crippen LogP) is 0.133. The molecule has 0 aromatic carbocycles. The molecule has 0 aliphatic rings. The lowest BCUT2D eigenvalue weighted by Crippen LogP contribution is -2.25. The standard InChI is InChI=1S/C9H16N4O/c1-3-13(2)5-4-10-8-6-9(14)12-11-7-8/h6-7H,3-5H2,1-2H3,(H2,10,12,14). The van der Waals surface area contributed by atoms with E-state index in [1.807, 2.05) is 0 Å². The van der Waals surface area contributed by atoms with Crippen LogP contribution in [0.1, 0.15) is 6.92 Å². The summed E-state index contributed by atoms with van der Waals surface area (Å²) in [4.78, 5) is 13.1. The van der Waals surface area contributed by atoms with Crippen molar-refractivity contribution in [3.05, 3.63) is 22.6 Å². The van der Waals surface area contributed by atoms with Crippen LogP contribution in [0.2, 0.25) is 0 Å². The van der Waals surface area contributed by atoms with Gasteiger partial charge in [0.05, 0.1) is 11.9 Å². The zero-order valence-electron chi connectivity index (χ0n) is 8.58. The van der Waals surface area contributed by atoms with Crippen LogP contribution in [0.4, 0.5) is 5.69 Å². The predicted molar refractivity (Wildman–Crippen MR) is 56.5 cm³/mol. The monoisotopic (exact) mass is 196 g/mol. The third-order valence-corrected chi connectivity index (χ3v) is 2.03. The summed E-state index contributed by atoms with van der Waals surface area (Å²) in [5, 5.41) is 9.14. The lowest BCUT2D eigenvalue weighted by Gasteiger charge is -2.14. The number of H-pyrrole nitrogens is 1. The number of nitrogens with one attached hydrogen (secondary N) is 2. The van der Waals surface area contributed by atoms with Crippen LogP contribution < -0.4 is 10.9 Å². The zero-order chi connectivity index (χ0) is 10.4. The minimum Gasteiger partial charge on any atom is -0.382 e. The number of hydrogen-bond donors (Lipinski definition) is 2. The van der Waals surface area contributed by atoms with Gasteiger partial charge in [0, 0.05) is 19.2 Å². The van der Waals surface area contributed by atoms with Crippen LogP contribution in [0, 0.1) is 0 Å². The molecule has 0 aliphatic heterocycles. The highest BCUT2D eigenvalue weighted by molar-refractivity contribution is 5.38. The van der Waals surface area contributed by atoms with E-state index in [9.17, 15) is 4.79 Å². The molecular weight excluding hydrogens is 180 g/mol. The second-order valence-corrected chi connectivity index (χ2v) is 3.16. The minimum absolute atomic E-state index is 0.182. The van der Waals surface area contributed by atoms with Gasteiger partial charge in [-0.15, -0.1) is 0 Å². The number of aromatic nitrogens is 2. The first-order valence-corrected chi connectivity index (χ1v) is 4.69. The molecular formula is C9H16N4O. The Kier molecular flexibility index (Phi) is 4.12. The Hall–Kier alpha value is -1.36. The first kappa shape index (κ1) is 10.7. The van der Waals surface area contributed by atoms with Crippen molar-refractivity contribution < 1.29 is 0 Å². The van der Waals surface area contributed by atoms with E-state index in [2.05, 4.69) is 34.4 Å². The first-order valence-electron chi connectivity index (χ1n) is 4.69. The van der Waals surface area contributed by atoms with Crippen LogP contribution in [0.3, 0.4) is 0 Å². The highest BCUT2D eigenvalue weighted by Gasteiger charge is 1.95. The summed E-state index contributed by atoms with van der Waals surface area (Å²) < 4.78 is 0. The fraction of sp³-hybridized carbons (Fsp3) is 0.556. The lowest BCUT2D eigenvalue weighted by atomic mass is 10.4. The lowest BCUT2D eigenvalue weighted by molar-refractivity contribution is 0.367. The molecule has 0 aliphatic carbocycles. The van der Waals surface area contributed by atoms with Crippen molar-refractivity contribution in [1.29, 1.82) is 0 Å². The van der Waals surface area contributed by atoms with Crippen LogP contribution >= 0.6 is 0 Å². The molecule has 0 bridgehead atoms. The van der Waals surface area contributed by atoms with Crippen LogP contribution in [0.15, 0.2) is 17.1 Å². The van der Waals surface area contributed by atoms with Gasteiger partial charge in [-0.1, -0.05) is 6.92 Å². The topological polar surface area (TPSA) is 61.0 Å². The molecule has 2 N–H and O–H groups in total. The Morgan fingerprint density at radius 3 is 3.07 bits per heavy atom. The molecule has 0 saturated carbocycles. The summed E-state index contributed by atoms with van der Waals surface area (Å²) in [6, 6.07) is 1.50. The average molecular weight is 196 g/mol. The van der Waals surface area contributed by atoms with Crippen molar-refractivity contribution >= 4 is 5.69 Å². The number of likely N-dealkylation sites (N-methyl/N-ethyl adjacent to an activating group) is 1. The quantitative estimate of drug-likeness (QED) is 0.703. The third kappa shape index (κ3) is 3.57. The summed E-state index contributed by atoms with van der Waals surface area (Å²) >= 11 is 0. The molecule has 1 aromatic heterocycles. The summed E-state index contributed by atoms with van der Waals surface area (Å²) in [5.41, 5.74) is 0.581. The largest absolute Gasteiger partial charge is 0.382 e. The number of anilines is 1. The van der Waals surface area contributed by atoms with Gasteiger partial charge >= 0.3 is 0 Å². The third-order valence-electron chi connectivity index (χ3n) is 2.03. The smallest absolute Gasteiger partial charge is 0.266 e. The van der Waals surface area contributed by atoms with Gasteiger partial charge < -0.3 is 10.2 Å². The van der Waals surface area contributed by atoms with Crippen molar-refractivity contribution in [2.75, 3.05) is 32.0 Å². The van der Waals surface area contributed by atoms with Crippen LogP contribution in [0.5, 0.6) is 0 Å². The van der Waals surface area contributed by atoms with Gasteiger partial charge in [-0.2, -0.15) is 5.10 Å². The average Bonchev–Trinajstić information content (AvgIpc) is 2.17. The molecule has 1 aromatic rings. The normalized spacial score (nSPS) is 10.5. The Bertz CT molecular complexity index is 323. The molecule has 5 heteroatoms. The Morgan fingerprint density at radius 1 is 1.64 bits per heavy atom. The second kappa shape index (κ2) is 5.39. The molecule has 0 amide bonds. The van der Waals surface area contributed by atoms with E-state index in [4.69, 9.17) is 0 Å². The molecule has 14 heavy (non-hydrogen) atoms. The Labute approximate surface area is 83.1 Å². The molecule has 0 unspecified atom stereocenters. The highest BCUT2D eigenvalue weighted by atomic mass is 16.1. The molecule has 1 heterocycles. The molecule has 78 valence electrons. The van der Waals surface area contributed by atoms with Gasteiger partial charge in [0.15, 0.2) is 0 Å². The summed E-state index contributed by atoms with van der Waals surface area (Å²) in [6.07, 6.45) is 1.60. The highest BCUT2D eigenvalue weighted by Crippen LogP contribution is 1.97. The maximum atomic E-state index is 10.9. The molecule has 0 atom stereocenters. The van der Waals surface area contributed by atoms with E-state index in [-0.39, 0.29) is 5.56 Å². The van der Waals surface area contributed by atoms with Crippen LogP contribution in [-0.4, -0.2) is 41.8 Å². The van der Waals surface area contributed by atoms with Gasteiger partial charge in [0.1, 0.15) is 0 Å². The fourth-order valence-electron chi connectivity index (χ4n) is 1.02. The molecule has 1 rings (SSSR count). The molecule has 5 nitrogen and oxygen atoms in total. The Balaban J connectivity index is 2.35. The van der Waals surface area contributed by atoms with Gasteiger partial charge in [0.2, 0.25) is 0 Å². The van der Waals surface area contributed by atoms with E-state index in [0.717, 1.165) is 25.3 Å². The molecule has 0 radical (unpaired) electrons. The Morgan fingerprint density at radius 2 is 2.43 bits per heavy atom. The minimum atomic E-state index is -0.182. The van der Waals surface area contributed by atoms with Crippen molar-refractivity contribution in [2.24, 2.45) is 0 Å². The van der Waals surface area contributed by atoms with Gasteiger partial charge in [-0.05, 0) is 13.6 Å². The van der Waals surface area contributed by atoms with Crippen molar-refractivity contribution in [1.82, 2.24) is 15.1 Å². The van der Waals surface area contributed by atoms with Crippen LogP contribution in [0.25, 0.3) is 0 Å². The fourth-order valence-corrected chi connectivity index (χ4v) is 1.02. The van der Waals surface area contributed by atoms with E-state index < -0.39 is 0 Å². The number of rotatable bonds is 5. The van der Waals surface area contributed by atoms with Crippen LogP contribution in [-0.2, 0) is 0 Å². The number of hydrogen-bond acceptors (Lipinski definition) is 4. The summed E-state index contributed by atoms with van der Waals surface area (Å²) in [6.45, 7) is 4.89. The van der Waals surface area contributed by atoms with E-state index >= 15 is 0 Å². The SMILES string of the molecule is CCN(C)CCNc1cn[nH]c(=O)c1. The van der Waals surface area contributed by atoms with Gasteiger partial charge in [-0.3, -0.25) is 4.79 Å². The molecule has 0 saturated heterocycles. The number of nitrogens with zero attached hydrogens (tertiary/aromatic N) is 2. The maximum absolute atomic E-state index is 10.9. The second-order valence-electron chi connectivity index (χ2n) is 3.16. The summed E-state index contributed by atoms with van der Waals surface area (Å²) in [5.74, 6) is 0. The maximum Gasteiger partial charge on any atom is 0.266 e. The van der Waals surface area contributed by atoms with Gasteiger partial charge in [0.25, 0.3) is 5.56 Å². The van der Waals surface area contributed by atoms with E-state index in [0.29, 0.717) is 0 Å². The van der Waals surface area contributed by atoms with Crippen molar-refractivity contribution in [2.45, 2.75) is 6.92 Å². The first-order chi connectivity index (χ1) is 6.72. The van der Waals surface area contributed by atoms with E-state index in [1.165, 1.54) is 6.07 Å². The van der Waals surface area contributed by atoms with E-state index in [1.54, 1.807) is 6.20 Å². The molecule has 0 fully saturated rings. The van der Waals surface area contributed by atoms with Crippen molar-refractivity contribution in [3.8, 4) is 0 Å². The number of aromatic amines is 1. The van der Waals surface area contributed by atoms with Gasteiger partial charge in [-0.25, -0.2) is 5.10 Å².